The van der Waals surface area contributed by atoms with Crippen LogP contribution < -0.4 is 9.04 Å². The Hall–Kier alpha value is -4.40. The van der Waals surface area contributed by atoms with Crippen molar-refractivity contribution in [3.8, 4) is 33.9 Å². The summed E-state index contributed by atoms with van der Waals surface area (Å²) in [7, 11) is -3.29. The number of halogens is 3. The van der Waals surface area contributed by atoms with Crippen molar-refractivity contribution in [1.29, 1.82) is 0 Å². The standard InChI is InChI=1S/C29H24ClF2N5O5S2/c1-29(2,3)27-35-26(15-43-27)37(28(38)39)44(40,41)25-10-20(30)23(11-21(25)32)42-24-13-33-22(16-5-7-18(31)8-6-16)9-19(24)17-12-34-36(4)14-17/h5-15H,1-4H3,(H,38,39). The lowest BCUT2D eigenvalue weighted by Crippen LogP contribution is -2.36. The summed E-state index contributed by atoms with van der Waals surface area (Å²) in [5, 5.41) is 15.4. The van der Waals surface area contributed by atoms with Crippen LogP contribution in [0.1, 0.15) is 25.8 Å². The molecule has 0 aliphatic heterocycles. The number of anilines is 1. The summed E-state index contributed by atoms with van der Waals surface area (Å²) in [6.07, 6.45) is 2.76. The Morgan fingerprint density at radius 1 is 1.07 bits per heavy atom. The van der Waals surface area contributed by atoms with Crippen LogP contribution in [0.5, 0.6) is 11.5 Å². The Bertz CT molecular complexity index is 1990. The Balaban J connectivity index is 1.53. The maximum atomic E-state index is 15.5. The van der Waals surface area contributed by atoms with Crippen molar-refractivity contribution in [2.24, 2.45) is 7.05 Å². The summed E-state index contributed by atoms with van der Waals surface area (Å²) in [6.45, 7) is 5.50. The summed E-state index contributed by atoms with van der Waals surface area (Å²) in [5.74, 6) is -2.23. The summed E-state index contributed by atoms with van der Waals surface area (Å²) in [5.41, 5.74) is 1.72. The van der Waals surface area contributed by atoms with Gasteiger partial charge in [0.2, 0.25) is 0 Å². The molecule has 10 nitrogen and oxygen atoms in total. The molecule has 0 aliphatic rings. The third-order valence-corrected chi connectivity index (χ3v) is 9.51. The Kier molecular flexibility index (Phi) is 8.18. The minimum atomic E-state index is -5.00. The largest absolute Gasteiger partial charge is 0.464 e. The topological polar surface area (TPSA) is 128 Å². The van der Waals surface area contributed by atoms with E-state index in [1.54, 1.807) is 42.3 Å². The zero-order valence-corrected chi connectivity index (χ0v) is 26.0. The number of aryl methyl sites for hydroxylation is 1. The Morgan fingerprint density at radius 2 is 1.77 bits per heavy atom. The van der Waals surface area contributed by atoms with Crippen LogP contribution in [0, 0.1) is 11.6 Å². The molecule has 5 aromatic rings. The molecule has 0 bridgehead atoms. The molecule has 2 aromatic carbocycles. The van der Waals surface area contributed by atoms with Crippen LogP contribution in [0.25, 0.3) is 22.4 Å². The van der Waals surface area contributed by atoms with E-state index >= 15 is 4.39 Å². The number of benzene rings is 2. The van der Waals surface area contributed by atoms with Gasteiger partial charge in [0, 0.05) is 46.8 Å². The van der Waals surface area contributed by atoms with Gasteiger partial charge in [0.25, 0.3) is 10.0 Å². The number of aromatic nitrogens is 4. The van der Waals surface area contributed by atoms with E-state index in [0.717, 1.165) is 23.5 Å². The van der Waals surface area contributed by atoms with E-state index in [9.17, 15) is 22.7 Å². The van der Waals surface area contributed by atoms with Gasteiger partial charge in [-0.15, -0.1) is 15.6 Å². The molecule has 0 radical (unpaired) electrons. The van der Waals surface area contributed by atoms with Gasteiger partial charge in [0.1, 0.15) is 27.3 Å². The zero-order chi connectivity index (χ0) is 32.0. The SMILES string of the molecule is Cn1cc(-c2cc(-c3ccc(F)cc3)ncc2Oc2cc(F)c(S(=O)(=O)N(C(=O)O)c3csc(C(C)(C)C)n3)cc2Cl)cn1. The summed E-state index contributed by atoms with van der Waals surface area (Å²) < 4.78 is 63.3. The number of amides is 1. The highest BCUT2D eigenvalue weighted by Gasteiger charge is 2.36. The van der Waals surface area contributed by atoms with Gasteiger partial charge in [-0.1, -0.05) is 32.4 Å². The van der Waals surface area contributed by atoms with E-state index in [2.05, 4.69) is 15.1 Å². The summed E-state index contributed by atoms with van der Waals surface area (Å²) >= 11 is 7.46. The lowest BCUT2D eigenvalue weighted by molar-refractivity contribution is 0.206. The van der Waals surface area contributed by atoms with E-state index in [1.807, 2.05) is 20.8 Å². The van der Waals surface area contributed by atoms with Gasteiger partial charge in [-0.2, -0.15) is 5.10 Å². The number of hydrogen-bond acceptors (Lipinski definition) is 8. The molecule has 5 rings (SSSR count). The number of ether oxygens (including phenoxy) is 1. The zero-order valence-electron chi connectivity index (χ0n) is 23.6. The van der Waals surface area contributed by atoms with Crippen molar-refractivity contribution in [2.75, 3.05) is 4.31 Å². The molecule has 1 N–H and O–H groups in total. The van der Waals surface area contributed by atoms with Gasteiger partial charge >= 0.3 is 6.09 Å². The first-order valence-electron chi connectivity index (χ1n) is 12.8. The van der Waals surface area contributed by atoms with Crippen molar-refractivity contribution in [3.63, 3.8) is 0 Å². The molecule has 1 amide bonds. The fourth-order valence-corrected chi connectivity index (χ4v) is 6.64. The second kappa shape index (κ2) is 11.6. The maximum Gasteiger partial charge on any atom is 0.427 e. The second-order valence-electron chi connectivity index (χ2n) is 10.6. The van der Waals surface area contributed by atoms with E-state index in [0.29, 0.717) is 27.4 Å². The number of carboxylic acid groups (broad SMARTS) is 1. The first kappa shape index (κ1) is 31.0. The second-order valence-corrected chi connectivity index (χ2v) is 13.6. The minimum Gasteiger partial charge on any atom is -0.464 e. The van der Waals surface area contributed by atoms with Crippen molar-refractivity contribution in [2.45, 2.75) is 31.1 Å². The van der Waals surface area contributed by atoms with Crippen molar-refractivity contribution in [3.05, 3.63) is 88.1 Å². The van der Waals surface area contributed by atoms with Crippen molar-refractivity contribution >= 4 is 44.9 Å². The third-order valence-electron chi connectivity index (χ3n) is 6.26. The number of thiazole rings is 1. The number of pyridine rings is 1. The molecular formula is C29H24ClF2N5O5S2. The molecule has 15 heteroatoms. The Labute approximate surface area is 260 Å². The highest BCUT2D eigenvalue weighted by atomic mass is 35.5. The number of nitrogens with zero attached hydrogens (tertiary/aromatic N) is 5. The van der Waals surface area contributed by atoms with Gasteiger partial charge in [-0.05, 0) is 36.4 Å². The minimum absolute atomic E-state index is 0.00656. The lowest BCUT2D eigenvalue weighted by Gasteiger charge is -2.19. The molecule has 0 saturated heterocycles. The van der Waals surface area contributed by atoms with Crippen LogP contribution in [0.2, 0.25) is 5.02 Å². The molecular weight excluding hydrogens is 636 g/mol. The smallest absolute Gasteiger partial charge is 0.427 e. The van der Waals surface area contributed by atoms with Crippen LogP contribution in [0.3, 0.4) is 0 Å². The van der Waals surface area contributed by atoms with Crippen LogP contribution in [-0.2, 0) is 22.5 Å². The first-order valence-corrected chi connectivity index (χ1v) is 15.5. The maximum absolute atomic E-state index is 15.5. The van der Waals surface area contributed by atoms with Gasteiger partial charge in [0.15, 0.2) is 11.6 Å². The monoisotopic (exact) mass is 659 g/mol. The van der Waals surface area contributed by atoms with Gasteiger partial charge in [-0.3, -0.25) is 9.67 Å². The lowest BCUT2D eigenvalue weighted by atomic mass is 9.98. The van der Waals surface area contributed by atoms with Crippen molar-refractivity contribution < 1.29 is 31.8 Å². The van der Waals surface area contributed by atoms with E-state index in [-0.39, 0.29) is 20.8 Å². The highest BCUT2D eigenvalue weighted by molar-refractivity contribution is 7.93. The number of hydrogen-bond donors (Lipinski definition) is 1. The number of carbonyl (C=O) groups is 1. The fourth-order valence-electron chi connectivity index (χ4n) is 4.12. The van der Waals surface area contributed by atoms with E-state index < -0.39 is 43.9 Å². The van der Waals surface area contributed by atoms with E-state index in [1.165, 1.54) is 23.7 Å². The van der Waals surface area contributed by atoms with E-state index in [4.69, 9.17) is 16.3 Å². The third kappa shape index (κ3) is 6.14. The van der Waals surface area contributed by atoms with Crippen LogP contribution in [0.4, 0.5) is 19.4 Å². The molecule has 0 spiro atoms. The van der Waals surface area contributed by atoms with Crippen LogP contribution in [0.15, 0.2) is 71.3 Å². The Morgan fingerprint density at radius 3 is 2.36 bits per heavy atom. The molecule has 44 heavy (non-hydrogen) atoms. The predicted octanol–water partition coefficient (Wildman–Crippen LogP) is 7.50. The quantitative estimate of drug-likeness (QED) is 0.190. The average molecular weight is 660 g/mol. The molecule has 0 aliphatic carbocycles. The van der Waals surface area contributed by atoms with Gasteiger partial charge in [0.05, 0.1) is 23.1 Å². The molecule has 0 unspecified atom stereocenters. The number of sulfonamides is 1. The summed E-state index contributed by atoms with van der Waals surface area (Å²) in [6, 6.07) is 8.92. The van der Waals surface area contributed by atoms with Crippen molar-refractivity contribution in [1.82, 2.24) is 19.7 Å². The molecule has 0 atom stereocenters. The van der Waals surface area contributed by atoms with Crippen LogP contribution in [-0.4, -0.2) is 39.4 Å². The normalized spacial score (nSPS) is 11.9. The highest BCUT2D eigenvalue weighted by Crippen LogP contribution is 2.40. The van der Waals surface area contributed by atoms with Crippen LogP contribution >= 0.6 is 22.9 Å². The molecule has 228 valence electrons. The summed E-state index contributed by atoms with van der Waals surface area (Å²) in [4.78, 5) is 19.7. The molecule has 3 aromatic heterocycles. The van der Waals surface area contributed by atoms with Gasteiger partial charge < -0.3 is 9.84 Å². The average Bonchev–Trinajstić information content (AvgIpc) is 3.60. The molecule has 0 saturated carbocycles. The molecule has 0 fully saturated rings. The first-order chi connectivity index (χ1) is 20.6. The predicted molar refractivity (Wildman–Crippen MR) is 162 cm³/mol. The fraction of sp³-hybridized carbons (Fsp3) is 0.172. The molecule has 3 heterocycles. The number of rotatable bonds is 7. The van der Waals surface area contributed by atoms with Gasteiger partial charge in [-0.25, -0.2) is 27.0 Å².